The Morgan fingerprint density at radius 2 is 2.14 bits per heavy atom. The third kappa shape index (κ3) is 3.86. The van der Waals surface area contributed by atoms with Crippen LogP contribution in [0.1, 0.15) is 36.8 Å². The second-order valence-corrected chi connectivity index (χ2v) is 6.53. The van der Waals surface area contributed by atoms with Crippen molar-refractivity contribution in [3.8, 4) is 6.07 Å². The summed E-state index contributed by atoms with van der Waals surface area (Å²) in [6.07, 6.45) is 4.56. The molecule has 2 fully saturated rings. The topological polar surface area (TPSA) is 56.1 Å². The van der Waals surface area contributed by atoms with Crippen molar-refractivity contribution in [3.63, 3.8) is 0 Å². The van der Waals surface area contributed by atoms with E-state index in [2.05, 4.69) is 16.3 Å². The highest BCUT2D eigenvalue weighted by Gasteiger charge is 2.28. The summed E-state index contributed by atoms with van der Waals surface area (Å²) < 4.78 is 0. The molecule has 0 aromatic heterocycles. The molecule has 1 aromatic rings. The van der Waals surface area contributed by atoms with Crippen molar-refractivity contribution >= 4 is 5.91 Å². The third-order valence-corrected chi connectivity index (χ3v) is 4.67. The fraction of sp³-hybridized carbons (Fsp3) is 0.556. The summed E-state index contributed by atoms with van der Waals surface area (Å²) in [4.78, 5) is 14.6. The van der Waals surface area contributed by atoms with E-state index in [0.29, 0.717) is 0 Å². The summed E-state index contributed by atoms with van der Waals surface area (Å²) >= 11 is 0. The zero-order chi connectivity index (χ0) is 15.4. The van der Waals surface area contributed by atoms with Crippen LogP contribution in [0.2, 0.25) is 0 Å². The molecule has 1 heterocycles. The molecule has 1 aliphatic carbocycles. The molecule has 4 heteroatoms. The Kier molecular flexibility index (Phi) is 4.74. The number of nitrogens with zero attached hydrogens (tertiary/aromatic N) is 2. The number of rotatable bonds is 5. The van der Waals surface area contributed by atoms with Gasteiger partial charge in [-0.15, -0.1) is 0 Å². The smallest absolute Gasteiger partial charge is 0.224 e. The van der Waals surface area contributed by atoms with E-state index in [1.54, 1.807) is 0 Å². The molecule has 116 valence electrons. The minimum absolute atomic E-state index is 0.0988. The maximum atomic E-state index is 12.3. The Balaban J connectivity index is 1.55. The second kappa shape index (κ2) is 6.93. The summed E-state index contributed by atoms with van der Waals surface area (Å²) in [7, 11) is 0. The predicted molar refractivity (Wildman–Crippen MR) is 84.9 cm³/mol. The van der Waals surface area contributed by atoms with Crippen molar-refractivity contribution in [2.45, 2.75) is 32.2 Å². The van der Waals surface area contributed by atoms with Gasteiger partial charge in [0.25, 0.3) is 0 Å². The van der Waals surface area contributed by atoms with Crippen molar-refractivity contribution in [1.29, 1.82) is 5.26 Å². The molecule has 2 aliphatic rings. The van der Waals surface area contributed by atoms with Crippen molar-refractivity contribution in [2.75, 3.05) is 19.6 Å². The Labute approximate surface area is 132 Å². The van der Waals surface area contributed by atoms with Crippen LogP contribution >= 0.6 is 0 Å². The third-order valence-electron chi connectivity index (χ3n) is 4.67. The van der Waals surface area contributed by atoms with Gasteiger partial charge in [-0.2, -0.15) is 5.26 Å². The highest BCUT2D eigenvalue weighted by Crippen LogP contribution is 2.28. The molecule has 0 unspecified atom stereocenters. The summed E-state index contributed by atoms with van der Waals surface area (Å²) in [6.45, 7) is 3.42. The Hall–Kier alpha value is -1.86. The van der Waals surface area contributed by atoms with Gasteiger partial charge in [0.05, 0.1) is 17.6 Å². The van der Waals surface area contributed by atoms with E-state index < -0.39 is 0 Å². The van der Waals surface area contributed by atoms with Crippen molar-refractivity contribution in [1.82, 2.24) is 10.2 Å². The van der Waals surface area contributed by atoms with Crippen LogP contribution in [0.4, 0.5) is 0 Å². The minimum Gasteiger partial charge on any atom is -0.356 e. The number of amides is 1. The molecule has 4 nitrogen and oxygen atoms in total. The molecule has 0 bridgehead atoms. The van der Waals surface area contributed by atoms with Crippen LogP contribution in [0.15, 0.2) is 24.3 Å². The zero-order valence-corrected chi connectivity index (χ0v) is 12.9. The number of nitriles is 1. The van der Waals surface area contributed by atoms with Crippen LogP contribution in [0.25, 0.3) is 0 Å². The first kappa shape index (κ1) is 15.1. The number of carbonyl (C=O) groups is 1. The van der Waals surface area contributed by atoms with Crippen LogP contribution in [0.3, 0.4) is 0 Å². The van der Waals surface area contributed by atoms with Crippen LogP contribution in [0.5, 0.6) is 0 Å². The molecule has 0 radical (unpaired) electrons. The van der Waals surface area contributed by atoms with Crippen molar-refractivity contribution in [3.05, 3.63) is 35.4 Å². The van der Waals surface area contributed by atoms with Gasteiger partial charge < -0.3 is 5.32 Å². The van der Waals surface area contributed by atoms with Gasteiger partial charge in [0.15, 0.2) is 0 Å². The molecular weight excluding hydrogens is 274 g/mol. The molecule has 1 amide bonds. The molecular formula is C18H23N3O. The number of hydrogen-bond acceptors (Lipinski definition) is 3. The molecule has 1 atom stereocenters. The summed E-state index contributed by atoms with van der Waals surface area (Å²) in [5, 5.41) is 12.3. The molecule has 1 saturated heterocycles. The predicted octanol–water partition coefficient (Wildman–Crippen LogP) is 2.30. The van der Waals surface area contributed by atoms with Crippen LogP contribution in [-0.4, -0.2) is 30.4 Å². The van der Waals surface area contributed by atoms with E-state index in [1.165, 1.54) is 12.8 Å². The van der Waals surface area contributed by atoms with E-state index in [-0.39, 0.29) is 11.8 Å². The van der Waals surface area contributed by atoms with E-state index in [1.807, 2.05) is 24.3 Å². The van der Waals surface area contributed by atoms with Gasteiger partial charge in [-0.25, -0.2) is 0 Å². The lowest BCUT2D eigenvalue weighted by molar-refractivity contribution is -0.126. The van der Waals surface area contributed by atoms with Crippen LogP contribution < -0.4 is 5.32 Å². The average Bonchev–Trinajstić information content (AvgIpc) is 3.38. The van der Waals surface area contributed by atoms with Crippen molar-refractivity contribution in [2.24, 2.45) is 11.8 Å². The first-order valence-electron chi connectivity index (χ1n) is 8.24. The van der Waals surface area contributed by atoms with E-state index in [9.17, 15) is 10.1 Å². The number of benzene rings is 1. The number of hydrogen-bond donors (Lipinski definition) is 1. The highest BCUT2D eigenvalue weighted by molar-refractivity contribution is 5.79. The molecule has 1 aromatic carbocycles. The number of carbonyl (C=O) groups excluding carboxylic acids is 1. The normalized spacial score (nSPS) is 22.0. The lowest BCUT2D eigenvalue weighted by Gasteiger charge is -2.32. The standard InChI is InChI=1S/C18H23N3O/c19-10-15-4-1-2-5-16(15)12-21-9-3-6-17(13-21)18(22)20-11-14-7-8-14/h1-2,4-5,14,17H,3,6-9,11-13H2,(H,20,22)/t17-/m1/s1. The molecule has 3 rings (SSSR count). The summed E-state index contributed by atoms with van der Waals surface area (Å²) in [5.74, 6) is 1.04. The van der Waals surface area contributed by atoms with Gasteiger partial charge in [0.1, 0.15) is 0 Å². The van der Waals surface area contributed by atoms with Gasteiger partial charge in [-0.3, -0.25) is 9.69 Å². The number of piperidine rings is 1. The maximum absolute atomic E-state index is 12.3. The Morgan fingerprint density at radius 3 is 2.91 bits per heavy atom. The SMILES string of the molecule is N#Cc1ccccc1CN1CCC[C@@H](C(=O)NCC2CC2)C1. The van der Waals surface area contributed by atoms with E-state index in [4.69, 9.17) is 0 Å². The average molecular weight is 297 g/mol. The van der Waals surface area contributed by atoms with Crippen molar-refractivity contribution < 1.29 is 4.79 Å². The van der Waals surface area contributed by atoms with Gasteiger partial charge in [-0.1, -0.05) is 18.2 Å². The largest absolute Gasteiger partial charge is 0.356 e. The summed E-state index contributed by atoms with van der Waals surface area (Å²) in [6, 6.07) is 9.99. The fourth-order valence-electron chi connectivity index (χ4n) is 3.13. The lowest BCUT2D eigenvalue weighted by atomic mass is 9.96. The monoisotopic (exact) mass is 297 g/mol. The number of likely N-dealkylation sites (tertiary alicyclic amines) is 1. The Morgan fingerprint density at radius 1 is 1.32 bits per heavy atom. The minimum atomic E-state index is 0.0988. The molecule has 1 aliphatic heterocycles. The van der Waals surface area contributed by atoms with E-state index >= 15 is 0 Å². The number of nitrogens with one attached hydrogen (secondary N) is 1. The molecule has 0 spiro atoms. The lowest BCUT2D eigenvalue weighted by Crippen LogP contribution is -2.43. The first-order valence-corrected chi connectivity index (χ1v) is 8.24. The zero-order valence-electron chi connectivity index (χ0n) is 12.9. The van der Waals surface area contributed by atoms with Gasteiger partial charge in [-0.05, 0) is 49.8 Å². The maximum Gasteiger partial charge on any atom is 0.224 e. The van der Waals surface area contributed by atoms with E-state index in [0.717, 1.165) is 56.1 Å². The summed E-state index contributed by atoms with van der Waals surface area (Å²) in [5.41, 5.74) is 1.80. The molecule has 1 saturated carbocycles. The fourth-order valence-corrected chi connectivity index (χ4v) is 3.13. The van der Waals surface area contributed by atoms with Crippen LogP contribution in [-0.2, 0) is 11.3 Å². The molecule has 22 heavy (non-hydrogen) atoms. The quantitative estimate of drug-likeness (QED) is 0.907. The highest BCUT2D eigenvalue weighted by atomic mass is 16.1. The molecule has 1 N–H and O–H groups in total. The second-order valence-electron chi connectivity index (χ2n) is 6.53. The first-order chi connectivity index (χ1) is 10.8. The van der Waals surface area contributed by atoms with Gasteiger partial charge in [0.2, 0.25) is 5.91 Å². The van der Waals surface area contributed by atoms with Gasteiger partial charge >= 0.3 is 0 Å². The van der Waals surface area contributed by atoms with Gasteiger partial charge in [0, 0.05) is 19.6 Å². The van der Waals surface area contributed by atoms with Crippen LogP contribution in [0, 0.1) is 23.2 Å². The Bertz CT molecular complexity index is 574.